The van der Waals surface area contributed by atoms with E-state index < -0.39 is 0 Å². The summed E-state index contributed by atoms with van der Waals surface area (Å²) >= 11 is 7.59. The third-order valence-corrected chi connectivity index (χ3v) is 4.98. The summed E-state index contributed by atoms with van der Waals surface area (Å²) < 4.78 is 5.89. The molecule has 0 saturated carbocycles. The molecule has 6 heteroatoms. The number of halogens is 1. The van der Waals surface area contributed by atoms with E-state index in [9.17, 15) is 4.79 Å². The number of cyclic esters (lactones) is 1. The van der Waals surface area contributed by atoms with Crippen LogP contribution in [-0.2, 0) is 16.1 Å². The summed E-state index contributed by atoms with van der Waals surface area (Å²) in [4.78, 5) is 17.5. The van der Waals surface area contributed by atoms with E-state index in [-0.39, 0.29) is 12.0 Å². The molecule has 19 heavy (non-hydrogen) atoms. The van der Waals surface area contributed by atoms with Crippen LogP contribution in [0, 0.1) is 0 Å². The molecular weight excluding hydrogens is 284 g/mol. The molecule has 1 aromatic heterocycles. The summed E-state index contributed by atoms with van der Waals surface area (Å²) in [6.45, 7) is 5.42. The summed E-state index contributed by atoms with van der Waals surface area (Å²) in [5.74, 6) is -0.0431. The number of ether oxygens (including phenoxy) is 1. The van der Waals surface area contributed by atoms with Crippen LogP contribution in [0.15, 0.2) is 12.1 Å². The van der Waals surface area contributed by atoms with Gasteiger partial charge >= 0.3 is 5.97 Å². The minimum Gasteiger partial charge on any atom is -0.464 e. The van der Waals surface area contributed by atoms with Gasteiger partial charge in [-0.2, -0.15) is 0 Å². The Kier molecular flexibility index (Phi) is 4.07. The van der Waals surface area contributed by atoms with Crippen molar-refractivity contribution < 1.29 is 9.53 Å². The Bertz CT molecular complexity index is 457. The molecule has 0 amide bonds. The highest BCUT2D eigenvalue weighted by Crippen LogP contribution is 2.23. The largest absolute Gasteiger partial charge is 0.464 e. The summed E-state index contributed by atoms with van der Waals surface area (Å²) in [6.07, 6.45) is 0.847. The van der Waals surface area contributed by atoms with Crippen molar-refractivity contribution >= 4 is 28.9 Å². The van der Waals surface area contributed by atoms with Crippen LogP contribution in [0.5, 0.6) is 0 Å². The second kappa shape index (κ2) is 5.79. The minimum atomic E-state index is -0.0431. The average Bonchev–Trinajstić information content (AvgIpc) is 3.00. The lowest BCUT2D eigenvalue weighted by molar-refractivity contribution is -0.142. The van der Waals surface area contributed by atoms with Gasteiger partial charge in [0.1, 0.15) is 6.04 Å². The zero-order chi connectivity index (χ0) is 13.2. The van der Waals surface area contributed by atoms with E-state index in [1.54, 1.807) is 11.3 Å². The molecule has 1 unspecified atom stereocenters. The van der Waals surface area contributed by atoms with Crippen LogP contribution in [0.4, 0.5) is 0 Å². The molecule has 1 aromatic rings. The van der Waals surface area contributed by atoms with Crippen molar-refractivity contribution in [2.45, 2.75) is 19.0 Å². The Hall–Kier alpha value is -0.620. The third-order valence-electron chi connectivity index (χ3n) is 3.76. The Balaban J connectivity index is 1.50. The fourth-order valence-corrected chi connectivity index (χ4v) is 3.84. The van der Waals surface area contributed by atoms with Gasteiger partial charge in [-0.05, 0) is 12.1 Å². The molecule has 4 nitrogen and oxygen atoms in total. The molecule has 0 aromatic carbocycles. The lowest BCUT2D eigenvalue weighted by Crippen LogP contribution is -2.51. The molecule has 2 saturated heterocycles. The Morgan fingerprint density at radius 1 is 1.32 bits per heavy atom. The van der Waals surface area contributed by atoms with Crippen molar-refractivity contribution in [3.05, 3.63) is 21.3 Å². The Labute approximate surface area is 121 Å². The number of carbonyl (C=O) groups excluding carboxylic acids is 1. The van der Waals surface area contributed by atoms with Gasteiger partial charge in [0.25, 0.3) is 0 Å². The first kappa shape index (κ1) is 13.4. The number of carbonyl (C=O) groups is 1. The highest BCUT2D eigenvalue weighted by atomic mass is 35.5. The Morgan fingerprint density at radius 3 is 2.68 bits per heavy atom. The van der Waals surface area contributed by atoms with Gasteiger partial charge in [0.05, 0.1) is 10.9 Å². The van der Waals surface area contributed by atoms with Crippen molar-refractivity contribution in [2.24, 2.45) is 0 Å². The number of hydrogen-bond donors (Lipinski definition) is 0. The van der Waals surface area contributed by atoms with Gasteiger partial charge < -0.3 is 4.74 Å². The number of rotatable bonds is 3. The monoisotopic (exact) mass is 300 g/mol. The molecule has 0 N–H and O–H groups in total. The molecule has 0 aliphatic carbocycles. The van der Waals surface area contributed by atoms with Crippen LogP contribution < -0.4 is 0 Å². The fourth-order valence-electron chi connectivity index (χ4n) is 2.71. The maximum atomic E-state index is 11.6. The maximum absolute atomic E-state index is 11.6. The molecular formula is C13H17ClN2O2S. The SMILES string of the molecule is O=C1OCCC1N1CCN(Cc2ccc(Cl)s2)CC1. The minimum absolute atomic E-state index is 0.00154. The van der Waals surface area contributed by atoms with Gasteiger partial charge in [-0.3, -0.25) is 14.6 Å². The maximum Gasteiger partial charge on any atom is 0.323 e. The van der Waals surface area contributed by atoms with E-state index in [1.165, 1.54) is 4.88 Å². The predicted octanol–water partition coefficient (Wildman–Crippen LogP) is 1.83. The van der Waals surface area contributed by atoms with Crippen molar-refractivity contribution in [2.75, 3.05) is 32.8 Å². The number of nitrogens with zero attached hydrogens (tertiary/aromatic N) is 2. The van der Waals surface area contributed by atoms with E-state index >= 15 is 0 Å². The average molecular weight is 301 g/mol. The van der Waals surface area contributed by atoms with Crippen LogP contribution in [0.1, 0.15) is 11.3 Å². The molecule has 2 aliphatic heterocycles. The van der Waals surface area contributed by atoms with Gasteiger partial charge in [-0.25, -0.2) is 0 Å². The zero-order valence-corrected chi connectivity index (χ0v) is 12.3. The van der Waals surface area contributed by atoms with E-state index in [4.69, 9.17) is 16.3 Å². The number of esters is 1. The third kappa shape index (κ3) is 3.11. The zero-order valence-electron chi connectivity index (χ0n) is 10.7. The normalized spacial score (nSPS) is 25.7. The summed E-state index contributed by atoms with van der Waals surface area (Å²) in [5.41, 5.74) is 0. The van der Waals surface area contributed by atoms with Crippen molar-refractivity contribution in [3.8, 4) is 0 Å². The van der Waals surface area contributed by atoms with Crippen molar-refractivity contribution in [3.63, 3.8) is 0 Å². The number of hydrogen-bond acceptors (Lipinski definition) is 5. The fraction of sp³-hybridized carbons (Fsp3) is 0.615. The summed E-state index contributed by atoms with van der Waals surface area (Å²) in [7, 11) is 0. The number of thiophene rings is 1. The molecule has 0 radical (unpaired) electrons. The van der Waals surface area contributed by atoms with Gasteiger partial charge in [0.15, 0.2) is 0 Å². The van der Waals surface area contributed by atoms with Gasteiger partial charge in [-0.1, -0.05) is 11.6 Å². The second-order valence-electron chi connectivity index (χ2n) is 4.99. The second-order valence-corrected chi connectivity index (χ2v) is 6.79. The molecule has 0 spiro atoms. The van der Waals surface area contributed by atoms with Gasteiger partial charge in [0, 0.05) is 44.0 Å². The molecule has 104 valence electrons. The highest BCUT2D eigenvalue weighted by molar-refractivity contribution is 7.16. The van der Waals surface area contributed by atoms with Crippen LogP contribution in [0.3, 0.4) is 0 Å². The molecule has 2 aliphatic rings. The first-order chi connectivity index (χ1) is 9.22. The standard InChI is InChI=1S/C13H17ClN2O2S/c14-12-2-1-10(19-12)9-15-4-6-16(7-5-15)11-3-8-18-13(11)17/h1-2,11H,3-9H2. The summed E-state index contributed by atoms with van der Waals surface area (Å²) in [5, 5.41) is 0. The molecule has 1 atom stereocenters. The van der Waals surface area contributed by atoms with E-state index in [1.807, 2.05) is 6.07 Å². The van der Waals surface area contributed by atoms with Crippen LogP contribution in [0.25, 0.3) is 0 Å². The molecule has 2 fully saturated rings. The first-order valence-corrected chi connectivity index (χ1v) is 7.79. The molecule has 3 heterocycles. The van der Waals surface area contributed by atoms with Crippen LogP contribution >= 0.6 is 22.9 Å². The van der Waals surface area contributed by atoms with Crippen LogP contribution in [-0.4, -0.2) is 54.6 Å². The summed E-state index contributed by atoms with van der Waals surface area (Å²) in [6, 6.07) is 4.04. The quantitative estimate of drug-likeness (QED) is 0.798. The van der Waals surface area contributed by atoms with Gasteiger partial charge in [-0.15, -0.1) is 11.3 Å². The van der Waals surface area contributed by atoms with E-state index in [0.717, 1.165) is 43.5 Å². The Morgan fingerprint density at radius 2 is 2.11 bits per heavy atom. The van der Waals surface area contributed by atoms with Crippen molar-refractivity contribution in [1.82, 2.24) is 9.80 Å². The number of piperazine rings is 1. The lowest BCUT2D eigenvalue weighted by atomic mass is 10.2. The molecule has 3 rings (SSSR count). The smallest absolute Gasteiger partial charge is 0.323 e. The topological polar surface area (TPSA) is 32.8 Å². The van der Waals surface area contributed by atoms with Crippen molar-refractivity contribution in [1.29, 1.82) is 0 Å². The first-order valence-electron chi connectivity index (χ1n) is 6.59. The van der Waals surface area contributed by atoms with Crippen LogP contribution in [0.2, 0.25) is 4.34 Å². The van der Waals surface area contributed by atoms with E-state index in [2.05, 4.69) is 15.9 Å². The lowest BCUT2D eigenvalue weighted by Gasteiger charge is -2.36. The molecule has 0 bridgehead atoms. The predicted molar refractivity (Wildman–Crippen MR) is 75.5 cm³/mol. The van der Waals surface area contributed by atoms with Gasteiger partial charge in [0.2, 0.25) is 0 Å². The van der Waals surface area contributed by atoms with E-state index in [0.29, 0.717) is 6.61 Å². The highest BCUT2D eigenvalue weighted by Gasteiger charge is 2.33.